The Balaban J connectivity index is 1.55. The van der Waals surface area contributed by atoms with Gasteiger partial charge in [0.05, 0.1) is 4.92 Å². The van der Waals surface area contributed by atoms with Crippen LogP contribution in [-0.4, -0.2) is 41.9 Å². The van der Waals surface area contributed by atoms with Gasteiger partial charge in [-0.25, -0.2) is 0 Å². The molecule has 1 aliphatic heterocycles. The van der Waals surface area contributed by atoms with Crippen molar-refractivity contribution in [2.24, 2.45) is 0 Å². The van der Waals surface area contributed by atoms with Crippen molar-refractivity contribution in [1.29, 1.82) is 0 Å². The number of rotatable bonds is 5. The topological polar surface area (TPSA) is 79.6 Å². The van der Waals surface area contributed by atoms with Gasteiger partial charge in [0.2, 0.25) is 0 Å². The largest absolute Gasteiger partial charge is 0.368 e. The van der Waals surface area contributed by atoms with Crippen molar-refractivity contribution in [3.05, 3.63) is 94.3 Å². The number of nitro groups is 1. The van der Waals surface area contributed by atoms with Crippen molar-refractivity contribution in [3.63, 3.8) is 0 Å². The summed E-state index contributed by atoms with van der Waals surface area (Å²) in [5.41, 5.74) is 2.44. The lowest BCUT2D eigenvalue weighted by molar-refractivity contribution is -0.384. The van der Waals surface area contributed by atoms with Crippen LogP contribution in [0.1, 0.15) is 15.9 Å². The third-order valence-corrected chi connectivity index (χ3v) is 5.12. The number of nitrogens with zero attached hydrogens (tertiary/aromatic N) is 4. The molecule has 0 bridgehead atoms. The lowest BCUT2D eigenvalue weighted by Crippen LogP contribution is -2.46. The second-order valence-electron chi connectivity index (χ2n) is 6.84. The Morgan fingerprint density at radius 3 is 2.17 bits per heavy atom. The van der Waals surface area contributed by atoms with Crippen molar-refractivity contribution in [3.8, 4) is 0 Å². The molecule has 29 heavy (non-hydrogen) atoms. The fourth-order valence-electron chi connectivity index (χ4n) is 3.59. The minimum atomic E-state index is -0.410. The van der Waals surface area contributed by atoms with Gasteiger partial charge in [-0.1, -0.05) is 30.3 Å². The quantitative estimate of drug-likeness (QED) is 0.378. The number of hydrogen-bond donors (Lipinski definition) is 0. The third kappa shape index (κ3) is 3.94. The van der Waals surface area contributed by atoms with Crippen LogP contribution in [0.15, 0.2) is 73.1 Å². The normalized spacial score (nSPS) is 13.9. The van der Waals surface area contributed by atoms with Gasteiger partial charge in [0.25, 0.3) is 5.69 Å². The number of nitro benzene ring substituents is 1. The molecule has 7 heteroatoms. The maximum absolute atomic E-state index is 12.7. The summed E-state index contributed by atoms with van der Waals surface area (Å²) in [6.07, 6.45) is 3.52. The smallest absolute Gasteiger partial charge is 0.293 e. The van der Waals surface area contributed by atoms with E-state index in [1.165, 1.54) is 6.07 Å². The number of benzene rings is 2. The van der Waals surface area contributed by atoms with E-state index in [0.717, 1.165) is 18.8 Å². The van der Waals surface area contributed by atoms with Crippen LogP contribution in [0.2, 0.25) is 0 Å². The number of carbonyl (C=O) groups is 1. The number of ketones is 1. The minimum Gasteiger partial charge on any atom is -0.368 e. The standard InChI is InChI=1S/C22H20N4O3/c27-22(17-4-2-1-3-5-17)18-6-7-20(21(16-18)26(28)29)25-14-12-24(13-15-25)19-8-10-23-11-9-19/h1-11,16H,12-15H2. The van der Waals surface area contributed by atoms with Crippen LogP contribution in [0.3, 0.4) is 0 Å². The van der Waals surface area contributed by atoms with Crippen LogP contribution in [0, 0.1) is 10.1 Å². The Bertz CT molecular complexity index is 1020. The predicted molar refractivity (Wildman–Crippen MR) is 112 cm³/mol. The second kappa shape index (κ2) is 8.10. The van der Waals surface area contributed by atoms with E-state index in [1.807, 2.05) is 23.1 Å². The summed E-state index contributed by atoms with van der Waals surface area (Å²) < 4.78 is 0. The molecule has 0 amide bonds. The molecule has 1 saturated heterocycles. The van der Waals surface area contributed by atoms with Gasteiger partial charge in [0.1, 0.15) is 5.69 Å². The first-order chi connectivity index (χ1) is 14.1. The predicted octanol–water partition coefficient (Wildman–Crippen LogP) is 3.55. The van der Waals surface area contributed by atoms with E-state index in [4.69, 9.17) is 0 Å². The van der Waals surface area contributed by atoms with E-state index in [-0.39, 0.29) is 11.5 Å². The highest BCUT2D eigenvalue weighted by Gasteiger charge is 2.25. The third-order valence-electron chi connectivity index (χ3n) is 5.12. The molecule has 0 N–H and O–H groups in total. The first-order valence-corrected chi connectivity index (χ1v) is 9.41. The molecule has 0 atom stereocenters. The van der Waals surface area contributed by atoms with Gasteiger partial charge in [-0.3, -0.25) is 19.9 Å². The number of anilines is 2. The van der Waals surface area contributed by atoms with Gasteiger partial charge in [-0.2, -0.15) is 0 Å². The fraction of sp³-hybridized carbons (Fsp3) is 0.182. The SMILES string of the molecule is O=C(c1ccccc1)c1ccc(N2CCN(c3ccncc3)CC2)c([N+](=O)[O-])c1. The van der Waals surface area contributed by atoms with Crippen molar-refractivity contribution in [1.82, 2.24) is 4.98 Å². The average molecular weight is 388 g/mol. The van der Waals surface area contributed by atoms with Crippen LogP contribution in [0.5, 0.6) is 0 Å². The number of hydrogen-bond acceptors (Lipinski definition) is 6. The summed E-state index contributed by atoms with van der Waals surface area (Å²) in [6.45, 7) is 2.84. The minimum absolute atomic E-state index is 0.0378. The van der Waals surface area contributed by atoms with Crippen LogP contribution in [0.4, 0.5) is 17.1 Å². The molecule has 1 aliphatic rings. The van der Waals surface area contributed by atoms with Gasteiger partial charge in [-0.15, -0.1) is 0 Å². The molecular formula is C22H20N4O3. The van der Waals surface area contributed by atoms with E-state index in [0.29, 0.717) is 29.9 Å². The van der Waals surface area contributed by atoms with Crippen molar-refractivity contribution < 1.29 is 9.72 Å². The fourth-order valence-corrected chi connectivity index (χ4v) is 3.59. The maximum Gasteiger partial charge on any atom is 0.293 e. The van der Waals surface area contributed by atoms with Crippen molar-refractivity contribution in [2.75, 3.05) is 36.0 Å². The number of aromatic nitrogens is 1. The molecule has 3 aromatic rings. The zero-order valence-electron chi connectivity index (χ0n) is 15.8. The van der Waals surface area contributed by atoms with Crippen LogP contribution in [0.25, 0.3) is 0 Å². The molecule has 0 aliphatic carbocycles. The molecule has 2 aromatic carbocycles. The first kappa shape index (κ1) is 18.6. The van der Waals surface area contributed by atoms with Gasteiger partial charge >= 0.3 is 0 Å². The molecule has 2 heterocycles. The van der Waals surface area contributed by atoms with Gasteiger partial charge in [0.15, 0.2) is 5.78 Å². The molecule has 1 aromatic heterocycles. The number of piperazine rings is 1. The summed E-state index contributed by atoms with van der Waals surface area (Å²) in [4.78, 5) is 32.2. The molecule has 0 saturated carbocycles. The highest BCUT2D eigenvalue weighted by molar-refractivity contribution is 6.09. The number of carbonyl (C=O) groups excluding carboxylic acids is 1. The van der Waals surface area contributed by atoms with Crippen molar-refractivity contribution >= 4 is 22.8 Å². The lowest BCUT2D eigenvalue weighted by Gasteiger charge is -2.37. The summed E-state index contributed by atoms with van der Waals surface area (Å²) in [5, 5.41) is 11.7. The average Bonchev–Trinajstić information content (AvgIpc) is 2.79. The summed E-state index contributed by atoms with van der Waals surface area (Å²) in [7, 11) is 0. The zero-order chi connectivity index (χ0) is 20.2. The molecule has 146 valence electrons. The molecular weight excluding hydrogens is 368 g/mol. The Labute approximate surface area is 168 Å². The van der Waals surface area contributed by atoms with Gasteiger partial charge in [-0.05, 0) is 24.3 Å². The van der Waals surface area contributed by atoms with E-state index in [1.54, 1.807) is 48.8 Å². The highest BCUT2D eigenvalue weighted by Crippen LogP contribution is 2.31. The summed E-state index contributed by atoms with van der Waals surface area (Å²) in [6, 6.07) is 17.5. The number of pyridine rings is 1. The zero-order valence-corrected chi connectivity index (χ0v) is 15.8. The Hall–Kier alpha value is -3.74. The Morgan fingerprint density at radius 2 is 1.52 bits per heavy atom. The summed E-state index contributed by atoms with van der Waals surface area (Å²) >= 11 is 0. The highest BCUT2D eigenvalue weighted by atomic mass is 16.6. The van der Waals surface area contributed by atoms with E-state index in [2.05, 4.69) is 9.88 Å². The van der Waals surface area contributed by atoms with E-state index < -0.39 is 4.92 Å². The lowest BCUT2D eigenvalue weighted by atomic mass is 10.0. The molecule has 0 radical (unpaired) electrons. The maximum atomic E-state index is 12.7. The Kier molecular flexibility index (Phi) is 5.20. The first-order valence-electron chi connectivity index (χ1n) is 9.41. The Morgan fingerprint density at radius 1 is 0.862 bits per heavy atom. The van der Waals surface area contributed by atoms with Gasteiger partial charge < -0.3 is 9.80 Å². The summed E-state index contributed by atoms with van der Waals surface area (Å²) in [5.74, 6) is -0.220. The van der Waals surface area contributed by atoms with E-state index >= 15 is 0 Å². The second-order valence-corrected chi connectivity index (χ2v) is 6.84. The molecule has 0 unspecified atom stereocenters. The van der Waals surface area contributed by atoms with Gasteiger partial charge in [0, 0.05) is 61.5 Å². The van der Waals surface area contributed by atoms with Crippen LogP contribution >= 0.6 is 0 Å². The molecule has 0 spiro atoms. The van der Waals surface area contributed by atoms with Crippen LogP contribution in [-0.2, 0) is 0 Å². The monoisotopic (exact) mass is 388 g/mol. The van der Waals surface area contributed by atoms with E-state index in [9.17, 15) is 14.9 Å². The molecule has 4 rings (SSSR count). The van der Waals surface area contributed by atoms with Crippen LogP contribution < -0.4 is 9.80 Å². The molecule has 7 nitrogen and oxygen atoms in total. The molecule has 1 fully saturated rings. The van der Waals surface area contributed by atoms with Crippen molar-refractivity contribution in [2.45, 2.75) is 0 Å².